The van der Waals surface area contributed by atoms with Crippen molar-refractivity contribution in [3.05, 3.63) is 72.6 Å². The molecule has 0 aliphatic carbocycles. The minimum atomic E-state index is 0.515. The number of hydrogen-bond donors (Lipinski definition) is 2. The van der Waals surface area contributed by atoms with E-state index in [1.54, 1.807) is 12.5 Å². The van der Waals surface area contributed by atoms with Gasteiger partial charge in [-0.25, -0.2) is 4.99 Å². The van der Waals surface area contributed by atoms with Crippen molar-refractivity contribution < 1.29 is 0 Å². The molecular formula is C18H21N7. The summed E-state index contributed by atoms with van der Waals surface area (Å²) in [4.78, 5) is 8.85. The van der Waals surface area contributed by atoms with Crippen LogP contribution in [-0.2, 0) is 13.1 Å². The number of hydrogen-bond acceptors (Lipinski definition) is 4. The number of para-hydroxylation sites is 1. The van der Waals surface area contributed by atoms with Gasteiger partial charge in [0.05, 0.1) is 18.8 Å². The van der Waals surface area contributed by atoms with Crippen molar-refractivity contribution >= 4 is 5.96 Å². The van der Waals surface area contributed by atoms with Crippen molar-refractivity contribution in [2.45, 2.75) is 20.0 Å². The number of benzene rings is 1. The molecule has 0 spiro atoms. The molecule has 0 aliphatic heterocycles. The molecule has 2 aromatic heterocycles. The molecule has 2 N–H and O–H groups in total. The molecule has 7 nitrogen and oxygen atoms in total. The molecule has 0 radical (unpaired) electrons. The fourth-order valence-electron chi connectivity index (χ4n) is 2.34. The van der Waals surface area contributed by atoms with Gasteiger partial charge in [0.2, 0.25) is 0 Å². The van der Waals surface area contributed by atoms with Gasteiger partial charge in [-0.1, -0.05) is 24.3 Å². The summed E-state index contributed by atoms with van der Waals surface area (Å²) in [5.41, 5.74) is 1.95. The van der Waals surface area contributed by atoms with Crippen LogP contribution in [0, 0.1) is 0 Å². The maximum absolute atomic E-state index is 4.56. The average molecular weight is 335 g/mol. The first-order valence-electron chi connectivity index (χ1n) is 8.23. The molecule has 0 amide bonds. The van der Waals surface area contributed by atoms with Crippen LogP contribution in [0.2, 0.25) is 0 Å². The summed E-state index contributed by atoms with van der Waals surface area (Å²) in [5.74, 6) is 1.53. The normalized spacial score (nSPS) is 11.3. The predicted molar refractivity (Wildman–Crippen MR) is 97.3 cm³/mol. The molecule has 2 heterocycles. The quantitative estimate of drug-likeness (QED) is 0.531. The number of aromatic nitrogens is 4. The van der Waals surface area contributed by atoms with E-state index in [1.807, 2.05) is 60.0 Å². The minimum absolute atomic E-state index is 0.515. The Hall–Kier alpha value is -3.22. The molecule has 3 aromatic rings. The molecular weight excluding hydrogens is 314 g/mol. The standard InChI is InChI=1S/C18H21N7/c1-2-19-18(21-12-15-8-6-7-11-20-15)22-13-17-24-23-14-25(17)16-9-4-3-5-10-16/h3-11,14H,2,12-13H2,1H3,(H2,19,21,22). The Morgan fingerprint density at radius 3 is 2.68 bits per heavy atom. The molecule has 0 bridgehead atoms. The van der Waals surface area contributed by atoms with Crippen molar-refractivity contribution in [2.75, 3.05) is 6.54 Å². The van der Waals surface area contributed by atoms with E-state index in [0.29, 0.717) is 13.1 Å². The number of pyridine rings is 1. The van der Waals surface area contributed by atoms with Crippen LogP contribution in [0.15, 0.2) is 66.0 Å². The van der Waals surface area contributed by atoms with E-state index in [-0.39, 0.29) is 0 Å². The topological polar surface area (TPSA) is 80.0 Å². The number of nitrogens with one attached hydrogen (secondary N) is 2. The molecule has 0 aliphatic rings. The lowest BCUT2D eigenvalue weighted by Crippen LogP contribution is -2.37. The van der Waals surface area contributed by atoms with Crippen LogP contribution in [0.1, 0.15) is 18.4 Å². The lowest BCUT2D eigenvalue weighted by molar-refractivity contribution is 0.754. The Kier molecular flexibility index (Phi) is 5.71. The van der Waals surface area contributed by atoms with Gasteiger partial charge >= 0.3 is 0 Å². The van der Waals surface area contributed by atoms with Gasteiger partial charge in [0.15, 0.2) is 11.8 Å². The van der Waals surface area contributed by atoms with Gasteiger partial charge < -0.3 is 10.6 Å². The van der Waals surface area contributed by atoms with Crippen LogP contribution in [-0.4, -0.2) is 32.3 Å². The average Bonchev–Trinajstić information content (AvgIpc) is 3.14. The van der Waals surface area contributed by atoms with Gasteiger partial charge in [-0.2, -0.15) is 0 Å². The molecule has 25 heavy (non-hydrogen) atoms. The largest absolute Gasteiger partial charge is 0.357 e. The number of nitrogens with zero attached hydrogens (tertiary/aromatic N) is 5. The first kappa shape index (κ1) is 16.6. The highest BCUT2D eigenvalue weighted by molar-refractivity contribution is 5.79. The highest BCUT2D eigenvalue weighted by Gasteiger charge is 2.07. The third kappa shape index (κ3) is 4.63. The van der Waals surface area contributed by atoms with Crippen molar-refractivity contribution in [2.24, 2.45) is 4.99 Å². The van der Waals surface area contributed by atoms with Gasteiger partial charge in [-0.3, -0.25) is 9.55 Å². The van der Waals surface area contributed by atoms with Crippen molar-refractivity contribution in [1.82, 2.24) is 30.4 Å². The van der Waals surface area contributed by atoms with Crippen LogP contribution in [0.3, 0.4) is 0 Å². The van der Waals surface area contributed by atoms with E-state index in [0.717, 1.165) is 29.7 Å². The molecule has 0 saturated carbocycles. The van der Waals surface area contributed by atoms with Gasteiger partial charge in [-0.15, -0.1) is 10.2 Å². The molecule has 7 heteroatoms. The molecule has 3 rings (SSSR count). The maximum atomic E-state index is 4.56. The second kappa shape index (κ2) is 8.58. The summed E-state index contributed by atoms with van der Waals surface area (Å²) in [6.07, 6.45) is 3.48. The van der Waals surface area contributed by atoms with Crippen LogP contribution in [0.4, 0.5) is 0 Å². The third-order valence-electron chi connectivity index (χ3n) is 3.54. The fraction of sp³-hybridized carbons (Fsp3) is 0.222. The summed E-state index contributed by atoms with van der Waals surface area (Å²) in [6, 6.07) is 15.8. The lowest BCUT2D eigenvalue weighted by atomic mass is 10.3. The Balaban J connectivity index is 1.67. The maximum Gasteiger partial charge on any atom is 0.192 e. The van der Waals surface area contributed by atoms with E-state index in [1.165, 1.54) is 0 Å². The molecule has 0 fully saturated rings. The molecule has 0 unspecified atom stereocenters. The SMILES string of the molecule is CCNC(=NCc1ccccn1)NCc1nncn1-c1ccccc1. The summed E-state index contributed by atoms with van der Waals surface area (Å²) >= 11 is 0. The third-order valence-corrected chi connectivity index (χ3v) is 3.54. The number of rotatable bonds is 6. The van der Waals surface area contributed by atoms with Gasteiger partial charge in [0, 0.05) is 18.4 Å². The summed E-state index contributed by atoms with van der Waals surface area (Å²) in [7, 11) is 0. The molecule has 1 aromatic carbocycles. The highest BCUT2D eigenvalue weighted by atomic mass is 15.3. The summed E-state index contributed by atoms with van der Waals surface area (Å²) in [5, 5.41) is 14.7. The first-order valence-corrected chi connectivity index (χ1v) is 8.23. The summed E-state index contributed by atoms with van der Waals surface area (Å²) in [6.45, 7) is 3.84. The van der Waals surface area contributed by atoms with Crippen LogP contribution >= 0.6 is 0 Å². The number of aliphatic imine (C=N–C) groups is 1. The fourth-order valence-corrected chi connectivity index (χ4v) is 2.34. The number of guanidine groups is 1. The van der Waals surface area contributed by atoms with E-state index in [9.17, 15) is 0 Å². The highest BCUT2D eigenvalue weighted by Crippen LogP contribution is 2.08. The van der Waals surface area contributed by atoms with E-state index in [2.05, 4.69) is 30.8 Å². The van der Waals surface area contributed by atoms with E-state index < -0.39 is 0 Å². The van der Waals surface area contributed by atoms with Crippen LogP contribution < -0.4 is 10.6 Å². The zero-order valence-electron chi connectivity index (χ0n) is 14.1. The van der Waals surface area contributed by atoms with Crippen molar-refractivity contribution in [3.63, 3.8) is 0 Å². The monoisotopic (exact) mass is 335 g/mol. The van der Waals surface area contributed by atoms with Crippen molar-refractivity contribution in [3.8, 4) is 5.69 Å². The van der Waals surface area contributed by atoms with Crippen LogP contribution in [0.5, 0.6) is 0 Å². The first-order chi connectivity index (χ1) is 12.4. The minimum Gasteiger partial charge on any atom is -0.357 e. The van der Waals surface area contributed by atoms with E-state index >= 15 is 0 Å². The molecule has 0 atom stereocenters. The molecule has 128 valence electrons. The zero-order chi connectivity index (χ0) is 17.3. The van der Waals surface area contributed by atoms with Gasteiger partial charge in [0.25, 0.3) is 0 Å². The second-order valence-electron chi connectivity index (χ2n) is 5.32. The Morgan fingerprint density at radius 2 is 1.92 bits per heavy atom. The van der Waals surface area contributed by atoms with Gasteiger partial charge in [0.1, 0.15) is 6.33 Å². The Morgan fingerprint density at radius 1 is 1.08 bits per heavy atom. The Bertz CT molecular complexity index is 797. The molecule has 0 saturated heterocycles. The van der Waals surface area contributed by atoms with E-state index in [4.69, 9.17) is 0 Å². The van der Waals surface area contributed by atoms with Crippen LogP contribution in [0.25, 0.3) is 5.69 Å². The summed E-state index contributed by atoms with van der Waals surface area (Å²) < 4.78 is 1.95. The second-order valence-corrected chi connectivity index (χ2v) is 5.32. The lowest BCUT2D eigenvalue weighted by Gasteiger charge is -2.12. The zero-order valence-corrected chi connectivity index (χ0v) is 14.1. The smallest absolute Gasteiger partial charge is 0.192 e. The van der Waals surface area contributed by atoms with Crippen molar-refractivity contribution in [1.29, 1.82) is 0 Å². The van der Waals surface area contributed by atoms with Gasteiger partial charge in [-0.05, 0) is 31.2 Å². The Labute approximate surface area is 146 Å². The predicted octanol–water partition coefficient (Wildman–Crippen LogP) is 1.92.